The van der Waals surface area contributed by atoms with Gasteiger partial charge in [-0.2, -0.15) is 0 Å². The maximum atomic E-state index is 14.3. The molecule has 0 saturated heterocycles. The Labute approximate surface area is 123 Å². The van der Waals surface area contributed by atoms with Crippen LogP contribution in [0.5, 0.6) is 0 Å². The predicted octanol–water partition coefficient (Wildman–Crippen LogP) is 3.91. The molecule has 1 N–H and O–H groups in total. The van der Waals surface area contributed by atoms with Crippen LogP contribution in [0, 0.1) is 5.82 Å². The smallest absolute Gasteiger partial charge is 0.189 e. The molecule has 4 heteroatoms. The summed E-state index contributed by atoms with van der Waals surface area (Å²) in [5.74, 6) is -0.334. The highest BCUT2D eigenvalue weighted by atomic mass is 19.1. The predicted molar refractivity (Wildman–Crippen MR) is 84.3 cm³/mol. The molecule has 0 atom stereocenters. The van der Waals surface area contributed by atoms with E-state index >= 15 is 0 Å². The molecule has 3 nitrogen and oxygen atoms in total. The summed E-state index contributed by atoms with van der Waals surface area (Å²) in [6.07, 6.45) is 7.62. The van der Waals surface area contributed by atoms with Crippen molar-refractivity contribution in [2.75, 3.05) is 5.32 Å². The lowest BCUT2D eigenvalue weighted by Gasteiger charge is -2.24. The number of anilines is 1. The Morgan fingerprint density at radius 2 is 2.05 bits per heavy atom. The van der Waals surface area contributed by atoms with Gasteiger partial charge in [0.05, 0.1) is 11.2 Å². The van der Waals surface area contributed by atoms with E-state index in [1.807, 2.05) is 11.5 Å². The second-order valence-electron chi connectivity index (χ2n) is 5.79. The number of hydrogen-bond acceptors (Lipinski definition) is 2. The number of nitrogens with one attached hydrogen (secondary N) is 1. The molecule has 0 amide bonds. The number of hydrogen-bond donors (Lipinski definition) is 1. The lowest BCUT2D eigenvalue weighted by Crippen LogP contribution is -2.23. The summed E-state index contributed by atoms with van der Waals surface area (Å²) in [7, 11) is 0. The van der Waals surface area contributed by atoms with Gasteiger partial charge in [-0.1, -0.05) is 19.3 Å². The molecule has 1 aromatic carbocycles. The Morgan fingerprint density at radius 1 is 1.29 bits per heavy atom. The normalized spacial score (nSPS) is 16.3. The summed E-state index contributed by atoms with van der Waals surface area (Å²) in [4.78, 5) is 11.9. The zero-order valence-corrected chi connectivity index (χ0v) is 12.4. The molecule has 1 aromatic heterocycles. The van der Waals surface area contributed by atoms with Crippen molar-refractivity contribution in [2.45, 2.75) is 51.6 Å². The Bertz CT molecular complexity index is 702. The average molecular weight is 288 g/mol. The third-order valence-electron chi connectivity index (χ3n) is 4.37. The summed E-state index contributed by atoms with van der Waals surface area (Å²) in [5, 5.41) is 3.77. The van der Waals surface area contributed by atoms with Crippen LogP contribution in [0.1, 0.15) is 39.0 Å². The maximum Gasteiger partial charge on any atom is 0.189 e. The standard InChI is InChI=1S/C17H21FN2O/c1-2-20-9-8-17(21)13-10-14(18)15(11-16(13)20)19-12-6-4-3-5-7-12/h8-12,19H,2-7H2,1H3. The maximum absolute atomic E-state index is 14.3. The number of aryl methyl sites for hydroxylation is 1. The fraction of sp³-hybridized carbons (Fsp3) is 0.471. The fourth-order valence-corrected chi connectivity index (χ4v) is 3.18. The largest absolute Gasteiger partial charge is 0.380 e. The van der Waals surface area contributed by atoms with Crippen molar-refractivity contribution in [1.29, 1.82) is 0 Å². The van der Waals surface area contributed by atoms with Crippen LogP contribution in [0.3, 0.4) is 0 Å². The average Bonchev–Trinajstić information content (AvgIpc) is 2.50. The summed E-state index contributed by atoms with van der Waals surface area (Å²) in [5.41, 5.74) is 1.18. The van der Waals surface area contributed by atoms with Crippen molar-refractivity contribution >= 4 is 16.6 Å². The van der Waals surface area contributed by atoms with Gasteiger partial charge in [0, 0.05) is 30.2 Å². The van der Waals surface area contributed by atoms with Crippen LogP contribution < -0.4 is 10.7 Å². The highest BCUT2D eigenvalue weighted by Crippen LogP contribution is 2.26. The van der Waals surface area contributed by atoms with Crippen molar-refractivity contribution in [1.82, 2.24) is 4.57 Å². The summed E-state index contributed by atoms with van der Waals surface area (Å²) >= 11 is 0. The van der Waals surface area contributed by atoms with Crippen molar-refractivity contribution in [2.24, 2.45) is 0 Å². The van der Waals surface area contributed by atoms with E-state index in [1.165, 1.54) is 31.4 Å². The molecule has 0 aliphatic heterocycles. The molecule has 21 heavy (non-hydrogen) atoms. The second kappa shape index (κ2) is 5.88. The second-order valence-corrected chi connectivity index (χ2v) is 5.79. The fourth-order valence-electron chi connectivity index (χ4n) is 3.18. The first-order chi connectivity index (χ1) is 10.2. The van der Waals surface area contributed by atoms with Gasteiger partial charge in [-0.15, -0.1) is 0 Å². The zero-order valence-electron chi connectivity index (χ0n) is 12.4. The van der Waals surface area contributed by atoms with Gasteiger partial charge in [-0.25, -0.2) is 4.39 Å². The number of fused-ring (bicyclic) bond motifs is 1. The molecule has 3 rings (SSSR count). The molecule has 1 aliphatic rings. The molecule has 1 saturated carbocycles. The number of rotatable bonds is 3. The van der Waals surface area contributed by atoms with Gasteiger partial charge < -0.3 is 9.88 Å². The van der Waals surface area contributed by atoms with Crippen LogP contribution in [-0.2, 0) is 6.54 Å². The van der Waals surface area contributed by atoms with Gasteiger partial charge in [0.15, 0.2) is 5.43 Å². The van der Waals surface area contributed by atoms with Crippen LogP contribution in [0.4, 0.5) is 10.1 Å². The molecular formula is C17H21FN2O. The molecule has 112 valence electrons. The molecule has 0 unspecified atom stereocenters. The Morgan fingerprint density at radius 3 is 2.76 bits per heavy atom. The minimum absolute atomic E-state index is 0.127. The van der Waals surface area contributed by atoms with Crippen LogP contribution in [0.2, 0.25) is 0 Å². The van der Waals surface area contributed by atoms with E-state index in [9.17, 15) is 9.18 Å². The first kappa shape index (κ1) is 14.1. The number of pyridine rings is 1. The zero-order chi connectivity index (χ0) is 14.8. The first-order valence-corrected chi connectivity index (χ1v) is 7.78. The molecule has 0 radical (unpaired) electrons. The molecular weight excluding hydrogens is 267 g/mol. The van der Waals surface area contributed by atoms with Crippen molar-refractivity contribution in [3.05, 3.63) is 40.4 Å². The lowest BCUT2D eigenvalue weighted by atomic mass is 9.95. The van der Waals surface area contributed by atoms with Crippen LogP contribution in [0.25, 0.3) is 10.9 Å². The molecule has 1 heterocycles. The van der Waals surface area contributed by atoms with Gasteiger partial charge in [-0.3, -0.25) is 4.79 Å². The van der Waals surface area contributed by atoms with Crippen molar-refractivity contribution in [3.8, 4) is 0 Å². The van der Waals surface area contributed by atoms with Gasteiger partial charge in [0.1, 0.15) is 5.82 Å². The minimum Gasteiger partial charge on any atom is -0.380 e. The number of halogens is 1. The van der Waals surface area contributed by atoms with E-state index in [2.05, 4.69) is 5.32 Å². The molecule has 0 bridgehead atoms. The highest BCUT2D eigenvalue weighted by molar-refractivity contribution is 5.83. The van der Waals surface area contributed by atoms with E-state index in [1.54, 1.807) is 12.3 Å². The van der Waals surface area contributed by atoms with Crippen LogP contribution in [0.15, 0.2) is 29.2 Å². The van der Waals surface area contributed by atoms with Crippen molar-refractivity contribution in [3.63, 3.8) is 0 Å². The summed E-state index contributed by atoms with van der Waals surface area (Å²) < 4.78 is 16.3. The lowest BCUT2D eigenvalue weighted by molar-refractivity contribution is 0.460. The monoisotopic (exact) mass is 288 g/mol. The van der Waals surface area contributed by atoms with Gasteiger partial charge in [0.25, 0.3) is 0 Å². The molecule has 2 aromatic rings. The Kier molecular flexibility index (Phi) is 3.95. The van der Waals surface area contributed by atoms with Crippen LogP contribution in [-0.4, -0.2) is 10.6 Å². The van der Waals surface area contributed by atoms with E-state index in [4.69, 9.17) is 0 Å². The summed E-state index contributed by atoms with van der Waals surface area (Å²) in [6.45, 7) is 2.77. The topological polar surface area (TPSA) is 34.0 Å². The quantitative estimate of drug-likeness (QED) is 0.929. The minimum atomic E-state index is -0.334. The van der Waals surface area contributed by atoms with Crippen molar-refractivity contribution < 1.29 is 4.39 Å². The highest BCUT2D eigenvalue weighted by Gasteiger charge is 2.16. The summed E-state index contributed by atoms with van der Waals surface area (Å²) in [6, 6.07) is 5.00. The number of benzene rings is 1. The van der Waals surface area contributed by atoms with Gasteiger partial charge in [-0.05, 0) is 31.9 Å². The van der Waals surface area contributed by atoms with E-state index in [0.717, 1.165) is 24.9 Å². The number of aromatic nitrogens is 1. The molecule has 1 fully saturated rings. The Balaban J connectivity index is 2.02. The Hall–Kier alpha value is -1.84. The van der Waals surface area contributed by atoms with Gasteiger partial charge in [0.2, 0.25) is 0 Å². The third-order valence-corrected chi connectivity index (χ3v) is 4.37. The van der Waals surface area contributed by atoms with Crippen LogP contribution >= 0.6 is 0 Å². The van der Waals surface area contributed by atoms with E-state index in [-0.39, 0.29) is 11.2 Å². The van der Waals surface area contributed by atoms with E-state index < -0.39 is 0 Å². The number of nitrogens with zero attached hydrogens (tertiary/aromatic N) is 1. The molecule has 1 aliphatic carbocycles. The third kappa shape index (κ3) is 2.80. The SMILES string of the molecule is CCn1ccc(=O)c2cc(F)c(NC3CCCCC3)cc21. The first-order valence-electron chi connectivity index (χ1n) is 7.78. The van der Waals surface area contributed by atoms with E-state index in [0.29, 0.717) is 17.1 Å². The molecule has 0 spiro atoms. The van der Waals surface area contributed by atoms with Gasteiger partial charge >= 0.3 is 0 Å².